The van der Waals surface area contributed by atoms with Gasteiger partial charge in [-0.25, -0.2) is 0 Å². The molecule has 0 amide bonds. The van der Waals surface area contributed by atoms with Gasteiger partial charge in [0.2, 0.25) is 0 Å². The van der Waals surface area contributed by atoms with Crippen LogP contribution in [-0.4, -0.2) is 24.1 Å². The van der Waals surface area contributed by atoms with Crippen molar-refractivity contribution in [1.82, 2.24) is 0 Å². The zero-order chi connectivity index (χ0) is 14.5. The number of ketones is 1. The Bertz CT molecular complexity index is 446. The molecule has 0 aliphatic carbocycles. The van der Waals surface area contributed by atoms with E-state index in [-0.39, 0.29) is 35.5 Å². The van der Waals surface area contributed by atoms with Crippen LogP contribution in [0.4, 0.5) is 13.2 Å². The van der Waals surface area contributed by atoms with E-state index >= 15 is 0 Å². The van der Waals surface area contributed by atoms with Crippen LogP contribution in [0, 0.1) is 0 Å². The molecule has 1 rings (SSSR count). The van der Waals surface area contributed by atoms with Crippen LogP contribution < -0.4 is 9.47 Å². The molecule has 0 N–H and O–H groups in total. The number of alkyl halides is 4. The first-order valence-corrected chi connectivity index (χ1v) is 6.57. The molecule has 0 heterocycles. The molecule has 0 aliphatic heterocycles. The Morgan fingerprint density at radius 2 is 2.05 bits per heavy atom. The van der Waals surface area contributed by atoms with Crippen molar-refractivity contribution in [3.8, 4) is 11.5 Å². The number of rotatable bonds is 6. The monoisotopic (exact) mass is 340 g/mol. The molecule has 0 atom stereocenters. The Labute approximate surface area is 116 Å². The minimum Gasteiger partial charge on any atom is -0.490 e. The smallest absolute Gasteiger partial charge is 0.490 e. The van der Waals surface area contributed by atoms with E-state index in [9.17, 15) is 18.0 Å². The van der Waals surface area contributed by atoms with Crippen LogP contribution in [0.1, 0.15) is 12.5 Å². The van der Waals surface area contributed by atoms with Crippen LogP contribution in [0.15, 0.2) is 18.2 Å². The van der Waals surface area contributed by atoms with Crippen molar-refractivity contribution in [1.29, 1.82) is 0 Å². The van der Waals surface area contributed by atoms with Crippen molar-refractivity contribution < 1.29 is 27.4 Å². The van der Waals surface area contributed by atoms with Crippen LogP contribution in [-0.2, 0) is 11.2 Å². The average molecular weight is 341 g/mol. The number of hydrogen-bond donors (Lipinski definition) is 0. The minimum atomic E-state index is -4.83. The fourth-order valence-corrected chi connectivity index (χ4v) is 1.66. The molecule has 0 fully saturated rings. The Morgan fingerprint density at radius 1 is 1.37 bits per heavy atom. The van der Waals surface area contributed by atoms with E-state index < -0.39 is 12.1 Å². The Hall–Kier alpha value is -1.24. The predicted octanol–water partition coefficient (Wildman–Crippen LogP) is 3.49. The second kappa shape index (κ2) is 6.79. The highest BCUT2D eigenvalue weighted by Gasteiger charge is 2.33. The van der Waals surface area contributed by atoms with E-state index in [0.29, 0.717) is 0 Å². The molecular formula is C12H12BrF3O3. The minimum absolute atomic E-state index is 0.0281. The fourth-order valence-electron chi connectivity index (χ4n) is 1.46. The number of carbonyl (C=O) groups excluding carboxylic acids is 1. The summed E-state index contributed by atoms with van der Waals surface area (Å²) < 4.78 is 46.2. The number of benzene rings is 1. The van der Waals surface area contributed by atoms with Crippen LogP contribution >= 0.6 is 15.9 Å². The van der Waals surface area contributed by atoms with E-state index in [1.165, 1.54) is 18.2 Å². The topological polar surface area (TPSA) is 35.5 Å². The molecule has 7 heteroatoms. The van der Waals surface area contributed by atoms with Crippen LogP contribution in [0.5, 0.6) is 11.5 Å². The van der Waals surface area contributed by atoms with Gasteiger partial charge in [0.05, 0.1) is 11.9 Å². The second-order valence-electron chi connectivity index (χ2n) is 3.57. The van der Waals surface area contributed by atoms with Crippen LogP contribution in [0.2, 0.25) is 0 Å². The highest BCUT2D eigenvalue weighted by Crippen LogP contribution is 2.36. The van der Waals surface area contributed by atoms with Gasteiger partial charge in [-0.1, -0.05) is 28.1 Å². The van der Waals surface area contributed by atoms with E-state index in [0.717, 1.165) is 0 Å². The van der Waals surface area contributed by atoms with Crippen molar-refractivity contribution >= 4 is 21.7 Å². The largest absolute Gasteiger partial charge is 0.573 e. The van der Waals surface area contributed by atoms with Crippen LogP contribution in [0.25, 0.3) is 0 Å². The summed E-state index contributed by atoms with van der Waals surface area (Å²) >= 11 is 2.96. The van der Waals surface area contributed by atoms with Gasteiger partial charge in [-0.2, -0.15) is 0 Å². The summed E-state index contributed by atoms with van der Waals surface area (Å²) in [6.45, 7) is 1.84. The summed E-state index contributed by atoms with van der Waals surface area (Å²) in [4.78, 5) is 11.3. The van der Waals surface area contributed by atoms with Gasteiger partial charge in [-0.05, 0) is 13.0 Å². The molecule has 0 aromatic heterocycles. The normalized spacial score (nSPS) is 11.2. The first-order valence-electron chi connectivity index (χ1n) is 5.45. The number of ether oxygens (including phenoxy) is 2. The molecule has 0 radical (unpaired) electrons. The van der Waals surface area contributed by atoms with Crippen molar-refractivity contribution in [2.45, 2.75) is 19.7 Å². The second-order valence-corrected chi connectivity index (χ2v) is 4.14. The number of halogens is 4. The Balaban J connectivity index is 3.13. The fraction of sp³-hybridized carbons (Fsp3) is 0.417. The molecule has 0 aliphatic rings. The Morgan fingerprint density at radius 3 is 2.58 bits per heavy atom. The van der Waals surface area contributed by atoms with Gasteiger partial charge >= 0.3 is 6.36 Å². The molecule has 0 saturated carbocycles. The third-order valence-corrected chi connectivity index (χ3v) is 2.74. The number of carbonyl (C=O) groups is 1. The lowest BCUT2D eigenvalue weighted by molar-refractivity contribution is -0.275. The molecular weight excluding hydrogens is 329 g/mol. The SMILES string of the molecule is CCOc1cccc(CC(=O)CBr)c1OC(F)(F)F. The summed E-state index contributed by atoms with van der Waals surface area (Å²) in [5.74, 6) is -0.730. The van der Waals surface area contributed by atoms with E-state index in [4.69, 9.17) is 4.74 Å². The third kappa shape index (κ3) is 5.10. The average Bonchev–Trinajstić information content (AvgIpc) is 2.31. The molecule has 1 aromatic carbocycles. The van der Waals surface area contributed by atoms with Gasteiger partial charge in [-0.3, -0.25) is 4.79 Å². The van der Waals surface area contributed by atoms with Crippen molar-refractivity contribution in [2.24, 2.45) is 0 Å². The van der Waals surface area contributed by atoms with Crippen molar-refractivity contribution in [2.75, 3.05) is 11.9 Å². The molecule has 106 valence electrons. The van der Waals surface area contributed by atoms with Gasteiger partial charge in [0.1, 0.15) is 5.78 Å². The Kier molecular flexibility index (Phi) is 5.65. The maximum Gasteiger partial charge on any atom is 0.573 e. The lowest BCUT2D eigenvalue weighted by Crippen LogP contribution is -2.19. The van der Waals surface area contributed by atoms with E-state index in [2.05, 4.69) is 20.7 Å². The van der Waals surface area contributed by atoms with Gasteiger partial charge < -0.3 is 9.47 Å². The summed E-state index contributed by atoms with van der Waals surface area (Å²) in [6, 6.07) is 4.29. The molecule has 0 unspecified atom stereocenters. The standard InChI is InChI=1S/C12H12BrF3O3/c1-2-18-10-5-3-4-8(6-9(17)7-13)11(10)19-12(14,15)16/h3-5H,2,6-7H2,1H3. The van der Waals surface area contributed by atoms with Crippen molar-refractivity contribution in [3.05, 3.63) is 23.8 Å². The van der Waals surface area contributed by atoms with Gasteiger partial charge in [-0.15, -0.1) is 13.2 Å². The first-order chi connectivity index (χ1) is 8.87. The summed E-state index contributed by atoms with van der Waals surface area (Å²) in [6.07, 6.45) is -4.99. The van der Waals surface area contributed by atoms with E-state index in [1.807, 2.05) is 0 Å². The molecule has 0 spiro atoms. The van der Waals surface area contributed by atoms with Crippen molar-refractivity contribution in [3.63, 3.8) is 0 Å². The van der Waals surface area contributed by atoms with Gasteiger partial charge in [0, 0.05) is 12.0 Å². The lowest BCUT2D eigenvalue weighted by Gasteiger charge is -2.16. The first kappa shape index (κ1) is 15.8. The molecule has 0 bridgehead atoms. The zero-order valence-electron chi connectivity index (χ0n) is 10.1. The summed E-state index contributed by atoms with van der Waals surface area (Å²) in [7, 11) is 0. The number of para-hydroxylation sites is 1. The summed E-state index contributed by atoms with van der Waals surface area (Å²) in [5.41, 5.74) is 0.146. The molecule has 3 nitrogen and oxygen atoms in total. The zero-order valence-corrected chi connectivity index (χ0v) is 11.7. The lowest BCUT2D eigenvalue weighted by atomic mass is 10.1. The third-order valence-electron chi connectivity index (χ3n) is 2.11. The van der Waals surface area contributed by atoms with Gasteiger partial charge in [0.15, 0.2) is 11.5 Å². The maximum atomic E-state index is 12.4. The highest BCUT2D eigenvalue weighted by atomic mass is 79.9. The quantitative estimate of drug-likeness (QED) is 0.743. The predicted molar refractivity (Wildman–Crippen MR) is 66.8 cm³/mol. The molecule has 1 aromatic rings. The van der Waals surface area contributed by atoms with E-state index in [1.54, 1.807) is 6.92 Å². The number of Topliss-reactive ketones (excluding diaryl/α,β-unsaturated/α-hetero) is 1. The molecule has 19 heavy (non-hydrogen) atoms. The number of hydrogen-bond acceptors (Lipinski definition) is 3. The van der Waals surface area contributed by atoms with Crippen LogP contribution in [0.3, 0.4) is 0 Å². The van der Waals surface area contributed by atoms with Gasteiger partial charge in [0.25, 0.3) is 0 Å². The maximum absolute atomic E-state index is 12.4. The molecule has 0 saturated heterocycles. The summed E-state index contributed by atoms with van der Waals surface area (Å²) in [5, 5.41) is 0.0668. The highest BCUT2D eigenvalue weighted by molar-refractivity contribution is 9.09.